The van der Waals surface area contributed by atoms with Crippen molar-refractivity contribution in [3.63, 3.8) is 0 Å². The Kier molecular flexibility index (Phi) is 15.2. The largest absolute Gasteiger partial charge is 0.497 e. The number of hydrogen-bond donors (Lipinski definition) is 1. The molecular formula is C46H55N4O9P. The van der Waals surface area contributed by atoms with Crippen molar-refractivity contribution in [1.29, 1.82) is 0 Å². The molecule has 1 N–H and O–H groups in total. The summed E-state index contributed by atoms with van der Waals surface area (Å²) in [5, 5.41) is 2.73. The number of aromatic nitrogens is 2. The summed E-state index contributed by atoms with van der Waals surface area (Å²) in [4.78, 5) is 31.3. The highest BCUT2D eigenvalue weighted by molar-refractivity contribution is 7.49. The highest BCUT2D eigenvalue weighted by Crippen LogP contribution is 2.50. The Morgan fingerprint density at radius 1 is 0.783 bits per heavy atom. The number of anilines is 1. The van der Waals surface area contributed by atoms with Crippen molar-refractivity contribution in [2.24, 2.45) is 0 Å². The van der Waals surface area contributed by atoms with Crippen LogP contribution in [0.25, 0.3) is 0 Å². The van der Waals surface area contributed by atoms with Crippen molar-refractivity contribution < 1.29 is 37.7 Å². The minimum Gasteiger partial charge on any atom is -0.497 e. The fraction of sp³-hybridized carbons (Fsp3) is 0.370. The Morgan fingerprint density at radius 2 is 1.33 bits per heavy atom. The number of amides is 1. The molecule has 0 spiro atoms. The van der Waals surface area contributed by atoms with Crippen LogP contribution in [0.5, 0.6) is 11.5 Å². The predicted molar refractivity (Wildman–Crippen MR) is 232 cm³/mol. The number of ether oxygens (including phenoxy) is 6. The summed E-state index contributed by atoms with van der Waals surface area (Å²) in [7, 11) is 3.56. The maximum Gasteiger partial charge on any atom is 0.351 e. The summed E-state index contributed by atoms with van der Waals surface area (Å²) in [6.45, 7) is 11.0. The lowest BCUT2D eigenvalue weighted by molar-refractivity contribution is -0.213. The molecule has 13 nitrogen and oxygen atoms in total. The van der Waals surface area contributed by atoms with E-state index < -0.39 is 50.2 Å². The first kappa shape index (κ1) is 44.6. The first-order valence-corrected chi connectivity index (χ1v) is 21.6. The maximum atomic E-state index is 14.0. The topological polar surface area (TPSA) is 132 Å². The van der Waals surface area contributed by atoms with Gasteiger partial charge in [0, 0.05) is 31.0 Å². The molecule has 6 rings (SSSR count). The van der Waals surface area contributed by atoms with Gasteiger partial charge in [0.05, 0.1) is 27.4 Å². The number of hydrogen-bond acceptors (Lipinski definition) is 11. The molecule has 1 unspecified atom stereocenters. The van der Waals surface area contributed by atoms with E-state index in [1.54, 1.807) is 51.7 Å². The van der Waals surface area contributed by atoms with Crippen LogP contribution in [0.15, 0.2) is 126 Å². The number of benzene rings is 4. The molecule has 1 saturated heterocycles. The van der Waals surface area contributed by atoms with E-state index in [0.29, 0.717) is 17.1 Å². The van der Waals surface area contributed by atoms with E-state index in [1.165, 1.54) is 10.8 Å². The van der Waals surface area contributed by atoms with Gasteiger partial charge in [-0.15, -0.1) is 0 Å². The Bertz CT molecular complexity index is 2120. The van der Waals surface area contributed by atoms with Gasteiger partial charge in [-0.3, -0.25) is 14.0 Å². The molecule has 1 amide bonds. The van der Waals surface area contributed by atoms with Gasteiger partial charge in [-0.1, -0.05) is 72.8 Å². The molecule has 0 bridgehead atoms. The Balaban J connectivity index is 1.50. The van der Waals surface area contributed by atoms with E-state index >= 15 is 0 Å². The predicted octanol–water partition coefficient (Wildman–Crippen LogP) is 7.85. The van der Waals surface area contributed by atoms with E-state index in [0.717, 1.165) is 16.7 Å². The SMILES string of the molecule is COCCO[C@@H]1[C@H](OP(C)N(C(C)C)C(C)C)[C@@H](OC(c2ccccc2)(c2ccc(OC)cc2)c2ccc(OC)cc2)O[C@H]1n1ccc(NC(=O)c2ccccc2)nc1=O. The number of nitrogens with one attached hydrogen (secondary N) is 1. The number of nitrogens with zero attached hydrogens (tertiary/aromatic N) is 3. The quantitative estimate of drug-likeness (QED) is 0.0496. The van der Waals surface area contributed by atoms with Crippen LogP contribution >= 0.6 is 8.30 Å². The molecule has 4 aromatic carbocycles. The molecular weight excluding hydrogens is 783 g/mol. The molecule has 1 aromatic heterocycles. The summed E-state index contributed by atoms with van der Waals surface area (Å²) in [6.07, 6.45) is -2.45. The fourth-order valence-corrected chi connectivity index (χ4v) is 9.60. The average molecular weight is 839 g/mol. The van der Waals surface area contributed by atoms with E-state index in [9.17, 15) is 9.59 Å². The molecule has 1 fully saturated rings. The van der Waals surface area contributed by atoms with Crippen LogP contribution in [0.4, 0.5) is 5.82 Å². The number of carbonyl (C=O) groups excluding carboxylic acids is 1. The Morgan fingerprint density at radius 3 is 1.85 bits per heavy atom. The van der Waals surface area contributed by atoms with Crippen LogP contribution in [0.3, 0.4) is 0 Å². The van der Waals surface area contributed by atoms with Gasteiger partial charge in [-0.25, -0.2) is 4.79 Å². The van der Waals surface area contributed by atoms with E-state index in [-0.39, 0.29) is 31.1 Å². The van der Waals surface area contributed by atoms with Crippen LogP contribution in [0.2, 0.25) is 0 Å². The van der Waals surface area contributed by atoms with Crippen molar-refractivity contribution in [2.75, 3.05) is 46.5 Å². The highest BCUT2D eigenvalue weighted by Gasteiger charge is 2.54. The molecule has 14 heteroatoms. The van der Waals surface area contributed by atoms with Crippen molar-refractivity contribution in [3.05, 3.63) is 154 Å². The number of carbonyl (C=O) groups is 1. The molecule has 60 heavy (non-hydrogen) atoms. The first-order valence-electron chi connectivity index (χ1n) is 19.9. The lowest BCUT2D eigenvalue weighted by atomic mass is 9.80. The van der Waals surface area contributed by atoms with Crippen molar-refractivity contribution in [1.82, 2.24) is 14.2 Å². The second kappa shape index (κ2) is 20.5. The third-order valence-electron chi connectivity index (χ3n) is 10.3. The second-order valence-corrected chi connectivity index (χ2v) is 16.4. The number of methoxy groups -OCH3 is 3. The van der Waals surface area contributed by atoms with Gasteiger partial charge in [0.25, 0.3) is 5.91 Å². The summed E-state index contributed by atoms with van der Waals surface area (Å²) in [6, 6.07) is 35.9. The fourth-order valence-electron chi connectivity index (χ4n) is 7.62. The van der Waals surface area contributed by atoms with Crippen LogP contribution < -0.4 is 20.5 Å². The molecule has 5 aromatic rings. The van der Waals surface area contributed by atoms with Gasteiger partial charge >= 0.3 is 5.69 Å². The minimum absolute atomic E-state index is 0.0873. The molecule has 0 radical (unpaired) electrons. The molecule has 1 aliphatic heterocycles. The van der Waals surface area contributed by atoms with Gasteiger partial charge in [0.2, 0.25) is 0 Å². The zero-order chi connectivity index (χ0) is 42.8. The third-order valence-corrected chi connectivity index (χ3v) is 12.4. The highest BCUT2D eigenvalue weighted by atomic mass is 31.2. The molecule has 5 atom stereocenters. The first-order chi connectivity index (χ1) is 29.0. The van der Waals surface area contributed by atoms with Gasteiger partial charge in [0.1, 0.15) is 43.4 Å². The number of rotatable bonds is 19. The molecule has 0 aliphatic carbocycles. The normalized spacial score (nSPS) is 18.5. The smallest absolute Gasteiger partial charge is 0.351 e. The standard InChI is InChI=1S/C46H55N4O9P/c1-31(2)50(32(3)4)60(8)59-41-40(56-30-29-53-5)43(49-28-27-39(48-45(49)52)47-42(51)33-15-11-9-12-16-33)57-44(41)58-46(34-17-13-10-14-18-34,35-19-23-37(54-6)24-20-35)36-21-25-38(55-7)26-22-36/h9-28,31-32,40-41,43-44H,29-30H2,1-8H3,(H,47,48,51,52)/t40-,41+,43-,44-,60?/m1/s1. The van der Waals surface area contributed by atoms with Crippen LogP contribution in [0, 0.1) is 0 Å². The molecule has 318 valence electrons. The van der Waals surface area contributed by atoms with E-state index in [2.05, 4.69) is 49.3 Å². The summed E-state index contributed by atoms with van der Waals surface area (Å²) in [5.74, 6) is 1.04. The summed E-state index contributed by atoms with van der Waals surface area (Å²) < 4.78 is 48.4. The summed E-state index contributed by atoms with van der Waals surface area (Å²) in [5.41, 5.74) is 0.825. The van der Waals surface area contributed by atoms with E-state index in [1.807, 2.05) is 84.9 Å². The molecule has 1 aliphatic rings. The van der Waals surface area contributed by atoms with Crippen molar-refractivity contribution in [2.45, 2.75) is 70.1 Å². The van der Waals surface area contributed by atoms with Gasteiger partial charge in [0.15, 0.2) is 12.5 Å². The minimum atomic E-state index is -1.31. The van der Waals surface area contributed by atoms with Crippen LogP contribution in [-0.2, 0) is 29.1 Å². The maximum absolute atomic E-state index is 14.0. The Labute approximate surface area is 353 Å². The lowest BCUT2D eigenvalue weighted by Crippen LogP contribution is -2.44. The van der Waals surface area contributed by atoms with Crippen molar-refractivity contribution in [3.8, 4) is 11.5 Å². The van der Waals surface area contributed by atoms with Gasteiger partial charge in [-0.2, -0.15) is 4.98 Å². The molecule has 0 saturated carbocycles. The second-order valence-electron chi connectivity index (χ2n) is 14.8. The third kappa shape index (κ3) is 9.96. The van der Waals surface area contributed by atoms with Gasteiger partial charge in [-0.05, 0) is 93.5 Å². The average Bonchev–Trinajstić information content (AvgIpc) is 3.58. The zero-order valence-electron chi connectivity index (χ0n) is 35.4. The summed E-state index contributed by atoms with van der Waals surface area (Å²) >= 11 is 0. The lowest BCUT2D eigenvalue weighted by Gasteiger charge is -2.41. The Hall–Kier alpha value is -4.98. The monoisotopic (exact) mass is 838 g/mol. The zero-order valence-corrected chi connectivity index (χ0v) is 36.3. The van der Waals surface area contributed by atoms with Crippen LogP contribution in [0.1, 0.15) is 61.0 Å². The van der Waals surface area contributed by atoms with Crippen LogP contribution in [-0.4, -0.2) is 91.9 Å². The van der Waals surface area contributed by atoms with Crippen molar-refractivity contribution >= 4 is 20.0 Å². The van der Waals surface area contributed by atoms with E-state index in [4.69, 9.17) is 32.9 Å². The molecule has 2 heterocycles. The van der Waals surface area contributed by atoms with Gasteiger partial charge < -0.3 is 38.3 Å².